The second kappa shape index (κ2) is 5.32. The van der Waals surface area contributed by atoms with Gasteiger partial charge in [0.15, 0.2) is 0 Å². The van der Waals surface area contributed by atoms with Crippen LogP contribution in [-0.4, -0.2) is 21.2 Å². The molecular formula is C14H17N3O3. The average molecular weight is 275 g/mol. The van der Waals surface area contributed by atoms with Crippen LogP contribution in [0.15, 0.2) is 10.6 Å². The van der Waals surface area contributed by atoms with Gasteiger partial charge in [0.25, 0.3) is 0 Å². The van der Waals surface area contributed by atoms with Crippen molar-refractivity contribution in [2.75, 3.05) is 5.32 Å². The van der Waals surface area contributed by atoms with Gasteiger partial charge in [0, 0.05) is 17.8 Å². The smallest absolute Gasteiger partial charge is 0.339 e. The van der Waals surface area contributed by atoms with Gasteiger partial charge < -0.3 is 14.9 Å². The van der Waals surface area contributed by atoms with E-state index in [0.29, 0.717) is 17.9 Å². The van der Waals surface area contributed by atoms with Crippen molar-refractivity contribution in [3.05, 3.63) is 39.9 Å². The van der Waals surface area contributed by atoms with Crippen molar-refractivity contribution in [1.82, 2.24) is 10.1 Å². The summed E-state index contributed by atoms with van der Waals surface area (Å²) in [4.78, 5) is 15.6. The van der Waals surface area contributed by atoms with E-state index in [4.69, 9.17) is 4.52 Å². The molecule has 20 heavy (non-hydrogen) atoms. The zero-order valence-electron chi connectivity index (χ0n) is 11.9. The van der Waals surface area contributed by atoms with Gasteiger partial charge in [-0.1, -0.05) is 5.16 Å². The molecule has 0 atom stereocenters. The van der Waals surface area contributed by atoms with Crippen LogP contribution in [0.1, 0.15) is 38.6 Å². The average Bonchev–Trinajstić information content (AvgIpc) is 2.65. The molecule has 0 radical (unpaired) electrons. The van der Waals surface area contributed by atoms with E-state index < -0.39 is 5.97 Å². The molecule has 2 aromatic rings. The molecule has 0 aliphatic heterocycles. The second-order valence-corrected chi connectivity index (χ2v) is 4.77. The fourth-order valence-electron chi connectivity index (χ4n) is 2.16. The number of rotatable bonds is 4. The molecule has 6 nitrogen and oxygen atoms in total. The summed E-state index contributed by atoms with van der Waals surface area (Å²) < 4.78 is 5.08. The Morgan fingerprint density at radius 2 is 2.05 bits per heavy atom. The van der Waals surface area contributed by atoms with E-state index in [-0.39, 0.29) is 5.56 Å². The van der Waals surface area contributed by atoms with Gasteiger partial charge in [-0.25, -0.2) is 9.78 Å². The number of carbonyl (C=O) groups is 1. The maximum Gasteiger partial charge on any atom is 0.339 e. The summed E-state index contributed by atoms with van der Waals surface area (Å²) in [6.07, 6.45) is 0. The van der Waals surface area contributed by atoms with Crippen LogP contribution in [0, 0.1) is 27.7 Å². The summed E-state index contributed by atoms with van der Waals surface area (Å²) in [5.41, 5.74) is 3.36. The second-order valence-electron chi connectivity index (χ2n) is 4.77. The summed E-state index contributed by atoms with van der Waals surface area (Å²) in [7, 11) is 0. The molecule has 2 rings (SSSR count). The van der Waals surface area contributed by atoms with Gasteiger partial charge in [0.1, 0.15) is 17.1 Å². The highest BCUT2D eigenvalue weighted by atomic mass is 16.5. The lowest BCUT2D eigenvalue weighted by atomic mass is 10.1. The number of nitrogens with one attached hydrogen (secondary N) is 1. The van der Waals surface area contributed by atoms with Gasteiger partial charge in [-0.2, -0.15) is 0 Å². The number of carboxylic acid groups (broad SMARTS) is 1. The number of aromatic carboxylic acids is 1. The number of nitrogens with zero attached hydrogens (tertiary/aromatic N) is 2. The molecule has 106 valence electrons. The third kappa shape index (κ3) is 2.64. The van der Waals surface area contributed by atoms with Crippen LogP contribution in [0.5, 0.6) is 0 Å². The third-order valence-corrected chi connectivity index (χ3v) is 3.17. The standard InChI is InChI=1S/C14H17N3O3/c1-7-5-8(2)16-13(12(7)14(18)19)15-6-11-9(3)17-20-10(11)4/h5H,6H2,1-4H3,(H,15,16)(H,18,19). The number of aromatic nitrogens is 2. The van der Waals surface area contributed by atoms with Gasteiger partial charge in [-0.3, -0.25) is 0 Å². The molecule has 0 aromatic carbocycles. The summed E-state index contributed by atoms with van der Waals surface area (Å²) in [6.45, 7) is 7.70. The minimum Gasteiger partial charge on any atom is -0.478 e. The predicted molar refractivity (Wildman–Crippen MR) is 74.0 cm³/mol. The van der Waals surface area contributed by atoms with Crippen LogP contribution in [-0.2, 0) is 6.54 Å². The van der Waals surface area contributed by atoms with Crippen LogP contribution >= 0.6 is 0 Å². The monoisotopic (exact) mass is 275 g/mol. The van der Waals surface area contributed by atoms with Crippen molar-refractivity contribution in [1.29, 1.82) is 0 Å². The van der Waals surface area contributed by atoms with Crippen LogP contribution in [0.25, 0.3) is 0 Å². The van der Waals surface area contributed by atoms with Crippen molar-refractivity contribution >= 4 is 11.8 Å². The van der Waals surface area contributed by atoms with Gasteiger partial charge in [0.05, 0.1) is 5.69 Å². The Morgan fingerprint density at radius 3 is 2.60 bits per heavy atom. The minimum absolute atomic E-state index is 0.197. The molecule has 0 bridgehead atoms. The quantitative estimate of drug-likeness (QED) is 0.891. The summed E-state index contributed by atoms with van der Waals surface area (Å²) in [5, 5.41) is 16.2. The van der Waals surface area contributed by atoms with E-state index in [1.165, 1.54) is 0 Å². The molecule has 0 aliphatic rings. The van der Waals surface area contributed by atoms with E-state index in [0.717, 1.165) is 22.7 Å². The maximum absolute atomic E-state index is 11.3. The number of aryl methyl sites for hydroxylation is 4. The van der Waals surface area contributed by atoms with Crippen molar-refractivity contribution in [3.63, 3.8) is 0 Å². The van der Waals surface area contributed by atoms with Gasteiger partial charge >= 0.3 is 5.97 Å². The molecule has 2 aromatic heterocycles. The largest absolute Gasteiger partial charge is 0.478 e. The highest BCUT2D eigenvalue weighted by molar-refractivity contribution is 5.94. The lowest BCUT2D eigenvalue weighted by Crippen LogP contribution is -2.11. The summed E-state index contributed by atoms with van der Waals surface area (Å²) >= 11 is 0. The highest BCUT2D eigenvalue weighted by Crippen LogP contribution is 2.21. The molecule has 0 spiro atoms. The lowest BCUT2D eigenvalue weighted by Gasteiger charge is -2.11. The van der Waals surface area contributed by atoms with Crippen molar-refractivity contribution in [3.8, 4) is 0 Å². The van der Waals surface area contributed by atoms with Crippen molar-refractivity contribution in [2.24, 2.45) is 0 Å². The third-order valence-electron chi connectivity index (χ3n) is 3.17. The number of hydrogen-bond donors (Lipinski definition) is 2. The zero-order chi connectivity index (χ0) is 14.9. The normalized spacial score (nSPS) is 10.6. The van der Waals surface area contributed by atoms with Gasteiger partial charge in [0.2, 0.25) is 0 Å². The first kappa shape index (κ1) is 14.0. The van der Waals surface area contributed by atoms with E-state index in [1.807, 2.05) is 20.8 Å². The van der Waals surface area contributed by atoms with E-state index >= 15 is 0 Å². The lowest BCUT2D eigenvalue weighted by molar-refractivity contribution is 0.0697. The molecule has 0 saturated heterocycles. The molecule has 0 amide bonds. The Morgan fingerprint density at radius 1 is 1.35 bits per heavy atom. The van der Waals surface area contributed by atoms with Crippen LogP contribution in [0.3, 0.4) is 0 Å². The number of anilines is 1. The molecule has 2 N–H and O–H groups in total. The number of pyridine rings is 1. The highest BCUT2D eigenvalue weighted by Gasteiger charge is 2.17. The number of hydrogen-bond acceptors (Lipinski definition) is 5. The van der Waals surface area contributed by atoms with Crippen LogP contribution < -0.4 is 5.32 Å². The Labute approximate surface area is 116 Å². The molecule has 0 aliphatic carbocycles. The van der Waals surface area contributed by atoms with E-state index in [2.05, 4.69) is 15.5 Å². The topological polar surface area (TPSA) is 88.2 Å². The zero-order valence-corrected chi connectivity index (χ0v) is 11.9. The first-order valence-corrected chi connectivity index (χ1v) is 6.27. The summed E-state index contributed by atoms with van der Waals surface area (Å²) in [5.74, 6) is 0.0995. The number of carboxylic acids is 1. The first-order valence-electron chi connectivity index (χ1n) is 6.27. The van der Waals surface area contributed by atoms with Gasteiger partial charge in [-0.15, -0.1) is 0 Å². The Balaban J connectivity index is 2.32. The Bertz CT molecular complexity index is 642. The molecule has 0 unspecified atom stereocenters. The Kier molecular flexibility index (Phi) is 3.74. The maximum atomic E-state index is 11.3. The Hall–Kier alpha value is -2.37. The van der Waals surface area contributed by atoms with Crippen LogP contribution in [0.4, 0.5) is 5.82 Å². The molecule has 2 heterocycles. The first-order chi connectivity index (χ1) is 9.40. The summed E-state index contributed by atoms with van der Waals surface area (Å²) in [6, 6.07) is 1.75. The molecule has 0 fully saturated rings. The predicted octanol–water partition coefficient (Wildman–Crippen LogP) is 2.61. The van der Waals surface area contributed by atoms with Crippen molar-refractivity contribution < 1.29 is 14.4 Å². The minimum atomic E-state index is -0.990. The molecule has 6 heteroatoms. The van der Waals surface area contributed by atoms with E-state index in [9.17, 15) is 9.90 Å². The van der Waals surface area contributed by atoms with Gasteiger partial charge in [-0.05, 0) is 39.3 Å². The molecular weight excluding hydrogens is 258 g/mol. The fourth-order valence-corrected chi connectivity index (χ4v) is 2.16. The van der Waals surface area contributed by atoms with Crippen molar-refractivity contribution in [2.45, 2.75) is 34.2 Å². The van der Waals surface area contributed by atoms with E-state index in [1.54, 1.807) is 13.0 Å². The molecule has 0 saturated carbocycles. The van der Waals surface area contributed by atoms with Crippen LogP contribution in [0.2, 0.25) is 0 Å². The fraction of sp³-hybridized carbons (Fsp3) is 0.357. The SMILES string of the molecule is Cc1cc(C)c(C(=O)O)c(NCc2c(C)noc2C)n1.